The van der Waals surface area contributed by atoms with Crippen LogP contribution in [0.2, 0.25) is 0 Å². The van der Waals surface area contributed by atoms with Crippen LogP contribution in [0.15, 0.2) is 29.8 Å². The smallest absolute Gasteiger partial charge is 0.131 e. The number of fused-ring (bicyclic) bond motifs is 5. The second-order valence-corrected chi connectivity index (χ2v) is 7.84. The second-order valence-electron chi connectivity index (χ2n) is 7.84. The highest BCUT2D eigenvalue weighted by molar-refractivity contribution is 5.90. The highest BCUT2D eigenvalue weighted by atomic mass is 16.5. The Morgan fingerprint density at radius 2 is 2.24 bits per heavy atom. The minimum Gasteiger partial charge on any atom is -0.496 e. The molecule has 0 radical (unpaired) electrons. The highest BCUT2D eigenvalue weighted by Crippen LogP contribution is 2.48. The minimum absolute atomic E-state index is 0.270. The molecule has 2 aliphatic rings. The third-order valence-electron chi connectivity index (χ3n) is 6.52. The Morgan fingerprint density at radius 1 is 1.40 bits per heavy atom. The number of quaternary nitrogens is 1. The molecule has 4 rings (SSSR count). The molecule has 134 valence electrons. The fourth-order valence-corrected chi connectivity index (χ4v) is 5.17. The molecular weight excluding hydrogens is 312 g/mol. The molecule has 25 heavy (non-hydrogen) atoms. The van der Waals surface area contributed by atoms with E-state index in [2.05, 4.69) is 43.2 Å². The monoisotopic (exact) mass is 341 g/mol. The lowest BCUT2D eigenvalue weighted by atomic mass is 9.78. The van der Waals surface area contributed by atoms with Gasteiger partial charge in [-0.25, -0.2) is 0 Å². The minimum atomic E-state index is 0.270. The van der Waals surface area contributed by atoms with Gasteiger partial charge in [-0.15, -0.1) is 0 Å². The molecule has 4 nitrogen and oxygen atoms in total. The van der Waals surface area contributed by atoms with Gasteiger partial charge in [-0.1, -0.05) is 12.1 Å². The Balaban J connectivity index is 1.82. The number of methoxy groups -OCH3 is 1. The van der Waals surface area contributed by atoms with Gasteiger partial charge in [0.25, 0.3) is 0 Å². The van der Waals surface area contributed by atoms with Crippen molar-refractivity contribution in [1.82, 2.24) is 4.98 Å². The Morgan fingerprint density at radius 3 is 2.96 bits per heavy atom. The van der Waals surface area contributed by atoms with E-state index in [1.54, 1.807) is 7.11 Å². The Hall–Kier alpha value is -1.78. The number of piperidine rings is 1. The van der Waals surface area contributed by atoms with Gasteiger partial charge in [-0.05, 0) is 42.5 Å². The van der Waals surface area contributed by atoms with Crippen molar-refractivity contribution in [3.63, 3.8) is 0 Å². The molecule has 2 aliphatic heterocycles. The average molecular weight is 341 g/mol. The first kappa shape index (κ1) is 16.7. The predicted octanol–water partition coefficient (Wildman–Crippen LogP) is 3.57. The van der Waals surface area contributed by atoms with Crippen LogP contribution < -0.4 is 4.74 Å². The Labute approximate surface area is 149 Å². The number of aromatic nitrogens is 1. The summed E-state index contributed by atoms with van der Waals surface area (Å²) in [6, 6.07) is 6.75. The molecule has 3 heterocycles. The molecule has 3 atom stereocenters. The largest absolute Gasteiger partial charge is 0.496 e. The van der Waals surface area contributed by atoms with Crippen LogP contribution in [0, 0.1) is 5.92 Å². The zero-order valence-electron chi connectivity index (χ0n) is 15.5. The maximum absolute atomic E-state index is 9.51. The van der Waals surface area contributed by atoms with Gasteiger partial charge in [0, 0.05) is 30.4 Å². The van der Waals surface area contributed by atoms with Crippen LogP contribution in [0.3, 0.4) is 0 Å². The number of aromatic amines is 1. The SMILES string of the molecule is C/C=C1/C[N+]2(C)CCc3c([nH]c4cccc(OC)c34)[C@@H]2C[C@@H]1CCO. The van der Waals surface area contributed by atoms with Gasteiger partial charge in [0.15, 0.2) is 0 Å². The summed E-state index contributed by atoms with van der Waals surface area (Å²) < 4.78 is 6.71. The Kier molecular flexibility index (Phi) is 4.13. The molecule has 1 fully saturated rings. The fourth-order valence-electron chi connectivity index (χ4n) is 5.17. The number of hydrogen-bond acceptors (Lipinski definition) is 2. The lowest BCUT2D eigenvalue weighted by Crippen LogP contribution is -2.56. The van der Waals surface area contributed by atoms with E-state index in [1.807, 2.05) is 0 Å². The van der Waals surface area contributed by atoms with E-state index >= 15 is 0 Å². The summed E-state index contributed by atoms with van der Waals surface area (Å²) in [5, 5.41) is 10.8. The molecule has 1 unspecified atom stereocenters. The van der Waals surface area contributed by atoms with E-state index in [9.17, 15) is 5.11 Å². The van der Waals surface area contributed by atoms with Gasteiger partial charge in [-0.3, -0.25) is 0 Å². The van der Waals surface area contributed by atoms with Gasteiger partial charge >= 0.3 is 0 Å². The summed E-state index contributed by atoms with van der Waals surface area (Å²) in [7, 11) is 4.16. The zero-order chi connectivity index (χ0) is 17.6. The molecule has 1 aromatic carbocycles. The van der Waals surface area contributed by atoms with E-state index in [4.69, 9.17) is 4.74 Å². The van der Waals surface area contributed by atoms with Crippen molar-refractivity contribution in [3.8, 4) is 5.75 Å². The van der Waals surface area contributed by atoms with Gasteiger partial charge < -0.3 is 19.3 Å². The first-order valence-corrected chi connectivity index (χ1v) is 9.39. The summed E-state index contributed by atoms with van der Waals surface area (Å²) in [6.45, 7) is 4.67. The summed E-state index contributed by atoms with van der Waals surface area (Å²) in [6.07, 6.45) is 5.35. The highest BCUT2D eigenvalue weighted by Gasteiger charge is 2.47. The Bertz CT molecular complexity index is 823. The van der Waals surface area contributed by atoms with Gasteiger partial charge in [0.05, 0.1) is 26.4 Å². The van der Waals surface area contributed by atoms with Crippen LogP contribution in [0.1, 0.15) is 37.1 Å². The lowest BCUT2D eigenvalue weighted by molar-refractivity contribution is -0.942. The number of hydrogen-bond donors (Lipinski definition) is 2. The second kappa shape index (κ2) is 6.19. The number of H-pyrrole nitrogens is 1. The van der Waals surface area contributed by atoms with E-state index in [-0.39, 0.29) is 6.61 Å². The van der Waals surface area contributed by atoms with Crippen LogP contribution in [0.5, 0.6) is 5.75 Å². The number of ether oxygens (including phenoxy) is 1. The van der Waals surface area contributed by atoms with Crippen LogP contribution in [-0.2, 0) is 6.42 Å². The van der Waals surface area contributed by atoms with E-state index < -0.39 is 0 Å². The quantitative estimate of drug-likeness (QED) is 0.662. The van der Waals surface area contributed by atoms with E-state index in [1.165, 1.54) is 27.7 Å². The summed E-state index contributed by atoms with van der Waals surface area (Å²) in [4.78, 5) is 3.73. The molecule has 0 amide bonds. The maximum atomic E-state index is 9.51. The van der Waals surface area contributed by atoms with E-state index in [0.717, 1.165) is 42.6 Å². The fraction of sp³-hybridized carbons (Fsp3) is 0.524. The molecule has 0 aliphatic carbocycles. The molecule has 1 aromatic heterocycles. The zero-order valence-corrected chi connectivity index (χ0v) is 15.5. The molecule has 2 N–H and O–H groups in total. The van der Waals surface area contributed by atoms with Crippen molar-refractivity contribution in [2.75, 3.05) is 33.9 Å². The van der Waals surface area contributed by atoms with Crippen molar-refractivity contribution in [3.05, 3.63) is 41.1 Å². The van der Waals surface area contributed by atoms with Gasteiger partial charge in [0.2, 0.25) is 0 Å². The van der Waals surface area contributed by atoms with Crippen LogP contribution in [0.25, 0.3) is 10.9 Å². The number of nitrogens with one attached hydrogen (secondary N) is 1. The summed E-state index contributed by atoms with van der Waals surface area (Å²) in [5.41, 5.74) is 5.55. The lowest BCUT2D eigenvalue weighted by Gasteiger charge is -2.50. The third kappa shape index (κ3) is 2.51. The summed E-state index contributed by atoms with van der Waals surface area (Å²) >= 11 is 0. The number of allylic oxidation sites excluding steroid dienone is 1. The maximum Gasteiger partial charge on any atom is 0.131 e. The topological polar surface area (TPSA) is 45.2 Å². The van der Waals surface area contributed by atoms with Crippen molar-refractivity contribution in [2.45, 2.75) is 32.2 Å². The number of nitrogens with zero attached hydrogens (tertiary/aromatic N) is 1. The van der Waals surface area contributed by atoms with Crippen molar-refractivity contribution < 1.29 is 14.3 Å². The van der Waals surface area contributed by atoms with Crippen LogP contribution in [0.4, 0.5) is 0 Å². The number of rotatable bonds is 3. The van der Waals surface area contributed by atoms with Crippen molar-refractivity contribution >= 4 is 10.9 Å². The molecule has 0 saturated carbocycles. The van der Waals surface area contributed by atoms with Gasteiger partial charge in [-0.2, -0.15) is 0 Å². The number of aliphatic hydroxyl groups excluding tert-OH is 1. The number of benzene rings is 1. The average Bonchev–Trinajstić information content (AvgIpc) is 3.00. The van der Waals surface area contributed by atoms with Gasteiger partial charge in [0.1, 0.15) is 18.3 Å². The normalized spacial score (nSPS) is 30.3. The molecule has 2 aromatic rings. The first-order chi connectivity index (χ1) is 12.1. The van der Waals surface area contributed by atoms with Crippen LogP contribution in [-0.4, -0.2) is 48.4 Å². The van der Waals surface area contributed by atoms with E-state index in [0.29, 0.717) is 12.0 Å². The standard InChI is InChI=1S/C21H29N2O2/c1-4-14-13-23(2)10-8-16-20-17(6-5-7-19(20)25-3)22-21(16)18(23)12-15(14)9-11-24/h4-7,15,18,22,24H,8-13H2,1-3H3/q+1/b14-4-/t15-,18-,23?/m0/s1. The molecular formula is C21H29N2O2+. The van der Waals surface area contributed by atoms with Crippen molar-refractivity contribution in [2.24, 2.45) is 5.92 Å². The van der Waals surface area contributed by atoms with Crippen molar-refractivity contribution in [1.29, 1.82) is 0 Å². The molecule has 1 saturated heterocycles. The number of likely N-dealkylation sites (N-methyl/N-ethyl adjacent to an activating group) is 1. The van der Waals surface area contributed by atoms with Crippen LogP contribution >= 0.6 is 0 Å². The molecule has 4 heteroatoms. The first-order valence-electron chi connectivity index (χ1n) is 9.39. The number of aliphatic hydroxyl groups is 1. The predicted molar refractivity (Wildman–Crippen MR) is 101 cm³/mol. The summed E-state index contributed by atoms with van der Waals surface area (Å²) in [5.74, 6) is 1.47. The third-order valence-corrected chi connectivity index (χ3v) is 6.52. The molecule has 0 spiro atoms. The molecule has 0 bridgehead atoms.